The minimum absolute atomic E-state index is 0.0530. The van der Waals surface area contributed by atoms with Gasteiger partial charge in [-0.15, -0.1) is 0 Å². The molecule has 0 spiro atoms. The van der Waals surface area contributed by atoms with Gasteiger partial charge in [0.15, 0.2) is 5.12 Å². The molecule has 2 unspecified atom stereocenters. The molecule has 4 nitrogen and oxygen atoms in total. The van der Waals surface area contributed by atoms with Crippen LogP contribution in [0.3, 0.4) is 0 Å². The number of rotatable bonds is 4. The van der Waals surface area contributed by atoms with Crippen LogP contribution in [0, 0.1) is 0 Å². The monoisotopic (exact) mass is 281 g/mol. The summed E-state index contributed by atoms with van der Waals surface area (Å²) in [5.41, 5.74) is 3.19. The summed E-state index contributed by atoms with van der Waals surface area (Å²) < 4.78 is 0. The van der Waals surface area contributed by atoms with Crippen molar-refractivity contribution in [2.45, 2.75) is 32.1 Å². The van der Waals surface area contributed by atoms with E-state index in [0.717, 1.165) is 36.8 Å². The van der Waals surface area contributed by atoms with Crippen LogP contribution in [0.25, 0.3) is 0 Å². The normalized spacial score (nSPS) is 17.6. The average molecular weight is 281 g/mol. The molecule has 1 aromatic carbocycles. The summed E-state index contributed by atoms with van der Waals surface area (Å²) in [6, 6.07) is 5.80. The molecule has 104 valence electrons. The fourth-order valence-electron chi connectivity index (χ4n) is 2.20. The number of fused-ring (bicyclic) bond motifs is 1. The van der Waals surface area contributed by atoms with Crippen LogP contribution in [-0.4, -0.2) is 33.7 Å². The number of thioether (sulfide) groups is 1. The second-order valence-electron chi connectivity index (χ2n) is 4.77. The zero-order valence-corrected chi connectivity index (χ0v) is 11.7. The lowest BCUT2D eigenvalue weighted by Crippen LogP contribution is -2.25. The zero-order chi connectivity index (χ0) is 13.8. The lowest BCUT2D eigenvalue weighted by atomic mass is 9.95. The number of hydrogen-bond acceptors (Lipinski definition) is 5. The highest BCUT2D eigenvalue weighted by molar-refractivity contribution is 8.13. The van der Waals surface area contributed by atoms with Crippen LogP contribution in [0.1, 0.15) is 29.7 Å². The molecule has 0 radical (unpaired) electrons. The Hall–Kier alpha value is -0.880. The van der Waals surface area contributed by atoms with E-state index in [0.29, 0.717) is 0 Å². The molecule has 1 aliphatic heterocycles. The van der Waals surface area contributed by atoms with Crippen LogP contribution < -0.4 is 5.32 Å². The lowest BCUT2D eigenvalue weighted by Gasteiger charge is -2.21. The van der Waals surface area contributed by atoms with Crippen LogP contribution in [0.2, 0.25) is 0 Å². The molecule has 0 aromatic heterocycles. The number of carbonyl (C=O) groups is 1. The number of hydrogen-bond donors (Lipinski definition) is 3. The summed E-state index contributed by atoms with van der Waals surface area (Å²) in [6.45, 7) is 3.25. The largest absolute Gasteiger partial charge is 0.389 e. The predicted octanol–water partition coefficient (Wildman–Crippen LogP) is 1.01. The van der Waals surface area contributed by atoms with E-state index in [-0.39, 0.29) is 10.9 Å². The number of nitrogens with one attached hydrogen (secondary N) is 1. The highest BCUT2D eigenvalue weighted by Gasteiger charge is 2.20. The molecule has 0 fully saturated rings. The Bertz CT molecular complexity index is 464. The van der Waals surface area contributed by atoms with Crippen molar-refractivity contribution in [3.8, 4) is 0 Å². The smallest absolute Gasteiger partial charge is 0.185 e. The lowest BCUT2D eigenvalue weighted by molar-refractivity contribution is -0.109. The van der Waals surface area contributed by atoms with Gasteiger partial charge in [0.1, 0.15) is 6.10 Å². The highest BCUT2D eigenvalue weighted by Crippen LogP contribution is 2.24. The molecular weight excluding hydrogens is 262 g/mol. The van der Waals surface area contributed by atoms with Gasteiger partial charge in [0.05, 0.1) is 6.10 Å². The maximum absolute atomic E-state index is 10.9. The van der Waals surface area contributed by atoms with E-state index in [4.69, 9.17) is 0 Å². The third-order valence-electron chi connectivity index (χ3n) is 3.28. The summed E-state index contributed by atoms with van der Waals surface area (Å²) in [6.07, 6.45) is -0.922. The Kier molecular flexibility index (Phi) is 4.99. The fourth-order valence-corrected chi connectivity index (χ4v) is 2.78. The van der Waals surface area contributed by atoms with Gasteiger partial charge in [0, 0.05) is 19.2 Å². The molecule has 1 aliphatic rings. The Labute approximate surface area is 117 Å². The minimum Gasteiger partial charge on any atom is -0.389 e. The van der Waals surface area contributed by atoms with E-state index in [9.17, 15) is 15.0 Å². The molecule has 0 saturated carbocycles. The van der Waals surface area contributed by atoms with Gasteiger partial charge in [0.2, 0.25) is 0 Å². The zero-order valence-electron chi connectivity index (χ0n) is 10.9. The van der Waals surface area contributed by atoms with Gasteiger partial charge in [-0.25, -0.2) is 0 Å². The van der Waals surface area contributed by atoms with Gasteiger partial charge in [-0.1, -0.05) is 30.0 Å². The Morgan fingerprint density at radius 1 is 1.42 bits per heavy atom. The Morgan fingerprint density at radius 3 is 2.95 bits per heavy atom. The number of benzene rings is 1. The average Bonchev–Trinajstić information content (AvgIpc) is 2.43. The van der Waals surface area contributed by atoms with Gasteiger partial charge < -0.3 is 15.5 Å². The van der Waals surface area contributed by atoms with Crippen molar-refractivity contribution < 1.29 is 15.0 Å². The molecule has 0 saturated heterocycles. The van der Waals surface area contributed by atoms with Crippen LogP contribution in [0.5, 0.6) is 0 Å². The molecule has 2 atom stereocenters. The van der Waals surface area contributed by atoms with Crippen molar-refractivity contribution in [1.29, 1.82) is 0 Å². The van der Waals surface area contributed by atoms with E-state index in [2.05, 4.69) is 5.32 Å². The van der Waals surface area contributed by atoms with Gasteiger partial charge in [0.25, 0.3) is 0 Å². The number of aliphatic hydroxyl groups is 2. The van der Waals surface area contributed by atoms with Crippen LogP contribution in [0.4, 0.5) is 0 Å². The summed E-state index contributed by atoms with van der Waals surface area (Å²) in [5.74, 6) is 0.217. The Balaban J connectivity index is 2.06. The standard InChI is InChI=1S/C14H19NO3S/c1-9(16)19-8-13(17)14(18)11-2-3-12-7-15-5-4-10(12)6-11/h2-3,6,13-15,17-18H,4-5,7-8H2,1H3. The predicted molar refractivity (Wildman–Crippen MR) is 76.0 cm³/mol. The quantitative estimate of drug-likeness (QED) is 0.768. The molecule has 0 aliphatic carbocycles. The first-order valence-electron chi connectivity index (χ1n) is 6.40. The third-order valence-corrected chi connectivity index (χ3v) is 4.19. The molecule has 19 heavy (non-hydrogen) atoms. The molecule has 2 rings (SSSR count). The summed E-state index contributed by atoms with van der Waals surface area (Å²) >= 11 is 1.03. The topological polar surface area (TPSA) is 69.6 Å². The van der Waals surface area contributed by atoms with Crippen molar-refractivity contribution in [1.82, 2.24) is 5.32 Å². The Morgan fingerprint density at radius 2 is 2.21 bits per heavy atom. The maximum atomic E-state index is 10.9. The second kappa shape index (κ2) is 6.52. The van der Waals surface area contributed by atoms with Crippen LogP contribution in [-0.2, 0) is 17.8 Å². The summed E-state index contributed by atoms with van der Waals surface area (Å²) in [7, 11) is 0. The van der Waals surface area contributed by atoms with Crippen LogP contribution in [0.15, 0.2) is 18.2 Å². The van der Waals surface area contributed by atoms with Crippen molar-refractivity contribution >= 4 is 16.9 Å². The van der Waals surface area contributed by atoms with E-state index in [1.54, 1.807) is 0 Å². The summed E-state index contributed by atoms with van der Waals surface area (Å²) in [4.78, 5) is 10.9. The fraction of sp³-hybridized carbons (Fsp3) is 0.500. The van der Waals surface area contributed by atoms with E-state index >= 15 is 0 Å². The van der Waals surface area contributed by atoms with Gasteiger partial charge in [-0.2, -0.15) is 0 Å². The van der Waals surface area contributed by atoms with E-state index in [1.165, 1.54) is 18.1 Å². The molecule has 0 bridgehead atoms. The van der Waals surface area contributed by atoms with E-state index in [1.807, 2.05) is 18.2 Å². The third kappa shape index (κ3) is 3.79. The van der Waals surface area contributed by atoms with Crippen molar-refractivity contribution in [3.05, 3.63) is 34.9 Å². The van der Waals surface area contributed by atoms with Gasteiger partial charge >= 0.3 is 0 Å². The summed E-state index contributed by atoms with van der Waals surface area (Å²) in [5, 5.41) is 23.2. The SMILES string of the molecule is CC(=O)SCC(O)C(O)c1ccc2c(c1)CCNC2. The second-order valence-corrected chi connectivity index (χ2v) is 5.97. The maximum Gasteiger partial charge on any atom is 0.185 e. The molecule has 3 N–H and O–H groups in total. The number of aliphatic hydroxyl groups excluding tert-OH is 2. The molecular formula is C14H19NO3S. The van der Waals surface area contributed by atoms with Crippen molar-refractivity contribution in [3.63, 3.8) is 0 Å². The van der Waals surface area contributed by atoms with Gasteiger partial charge in [-0.05, 0) is 29.7 Å². The molecule has 1 aromatic rings. The molecule has 0 amide bonds. The highest BCUT2D eigenvalue weighted by atomic mass is 32.2. The number of carbonyl (C=O) groups excluding carboxylic acids is 1. The van der Waals surface area contributed by atoms with Crippen molar-refractivity contribution in [2.75, 3.05) is 12.3 Å². The molecule has 5 heteroatoms. The van der Waals surface area contributed by atoms with Gasteiger partial charge in [-0.3, -0.25) is 4.79 Å². The van der Waals surface area contributed by atoms with Crippen molar-refractivity contribution in [2.24, 2.45) is 0 Å². The first-order chi connectivity index (χ1) is 9.08. The molecule has 1 heterocycles. The first kappa shape index (κ1) is 14.5. The van der Waals surface area contributed by atoms with E-state index < -0.39 is 12.2 Å². The first-order valence-corrected chi connectivity index (χ1v) is 7.38. The minimum atomic E-state index is -0.938. The van der Waals surface area contributed by atoms with Crippen LogP contribution >= 0.6 is 11.8 Å².